The maximum atomic E-state index is 10.7. The number of carboxylic acids is 1. The van der Waals surface area contributed by atoms with Crippen LogP contribution in [0.4, 0.5) is 0 Å². The zero-order chi connectivity index (χ0) is 14.8. The summed E-state index contributed by atoms with van der Waals surface area (Å²) in [4.78, 5) is 14.8. The first-order valence-corrected chi connectivity index (χ1v) is 7.09. The highest BCUT2D eigenvalue weighted by Crippen LogP contribution is 2.30. The Morgan fingerprint density at radius 2 is 2.15 bits per heavy atom. The molecule has 2 aromatic rings. The summed E-state index contributed by atoms with van der Waals surface area (Å²) in [6.45, 7) is 6.09. The maximum Gasteiger partial charge on any atom is 0.313 e. The van der Waals surface area contributed by atoms with E-state index in [0.717, 1.165) is 5.56 Å². The van der Waals surface area contributed by atoms with Gasteiger partial charge >= 0.3 is 5.97 Å². The molecule has 0 fully saturated rings. The fourth-order valence-electron chi connectivity index (χ4n) is 1.78. The number of hydrogen-bond acceptors (Lipinski definition) is 5. The molecule has 2 heterocycles. The Kier molecular flexibility index (Phi) is 4.08. The molecule has 0 aliphatic heterocycles. The SMILES string of the molecule is CC(C)(C)n1c(SCC(=O)O)nnc1-c1cccnc1. The molecular formula is C13H16N4O2S. The molecule has 0 bridgehead atoms. The van der Waals surface area contributed by atoms with Gasteiger partial charge in [-0.05, 0) is 32.9 Å². The molecule has 0 saturated carbocycles. The van der Waals surface area contributed by atoms with Crippen molar-refractivity contribution in [3.05, 3.63) is 24.5 Å². The molecule has 1 N–H and O–H groups in total. The Balaban J connectivity index is 2.46. The van der Waals surface area contributed by atoms with E-state index in [4.69, 9.17) is 5.11 Å². The fourth-order valence-corrected chi connectivity index (χ4v) is 2.62. The summed E-state index contributed by atoms with van der Waals surface area (Å²) >= 11 is 1.17. The number of carbonyl (C=O) groups is 1. The lowest BCUT2D eigenvalue weighted by Gasteiger charge is -2.24. The monoisotopic (exact) mass is 292 g/mol. The normalized spacial score (nSPS) is 11.6. The zero-order valence-corrected chi connectivity index (χ0v) is 12.4. The number of hydrogen-bond donors (Lipinski definition) is 1. The summed E-state index contributed by atoms with van der Waals surface area (Å²) in [5.74, 6) is -0.221. The van der Waals surface area contributed by atoms with Crippen LogP contribution >= 0.6 is 11.8 Å². The summed E-state index contributed by atoms with van der Waals surface area (Å²) in [6, 6.07) is 3.74. The van der Waals surface area contributed by atoms with Crippen LogP contribution in [-0.2, 0) is 10.3 Å². The molecule has 0 radical (unpaired) electrons. The van der Waals surface area contributed by atoms with Gasteiger partial charge in [0.2, 0.25) is 0 Å². The lowest BCUT2D eigenvalue weighted by atomic mass is 10.1. The van der Waals surface area contributed by atoms with Crippen LogP contribution in [-0.4, -0.2) is 36.6 Å². The third-order valence-corrected chi connectivity index (χ3v) is 3.46. The van der Waals surface area contributed by atoms with Crippen LogP contribution in [0.15, 0.2) is 29.7 Å². The van der Waals surface area contributed by atoms with E-state index < -0.39 is 5.97 Å². The molecule has 0 amide bonds. The van der Waals surface area contributed by atoms with Gasteiger partial charge in [0, 0.05) is 23.5 Å². The second-order valence-electron chi connectivity index (χ2n) is 5.24. The number of carboxylic acid groups (broad SMARTS) is 1. The Labute approximate surface area is 121 Å². The standard InChI is InChI=1S/C13H16N4O2S/c1-13(2,3)17-11(9-5-4-6-14-7-9)15-16-12(17)20-8-10(18)19/h4-7H,8H2,1-3H3,(H,18,19). The van der Waals surface area contributed by atoms with E-state index in [-0.39, 0.29) is 11.3 Å². The lowest BCUT2D eigenvalue weighted by molar-refractivity contribution is -0.133. The highest BCUT2D eigenvalue weighted by atomic mass is 32.2. The molecule has 6 nitrogen and oxygen atoms in total. The molecule has 20 heavy (non-hydrogen) atoms. The first-order valence-electron chi connectivity index (χ1n) is 6.10. The summed E-state index contributed by atoms with van der Waals surface area (Å²) in [7, 11) is 0. The van der Waals surface area contributed by atoms with Gasteiger partial charge in [-0.1, -0.05) is 11.8 Å². The van der Waals surface area contributed by atoms with Crippen LogP contribution in [0.25, 0.3) is 11.4 Å². The molecule has 0 aliphatic rings. The van der Waals surface area contributed by atoms with Crippen LogP contribution in [0, 0.1) is 0 Å². The van der Waals surface area contributed by atoms with E-state index in [0.29, 0.717) is 11.0 Å². The van der Waals surface area contributed by atoms with Crippen molar-refractivity contribution in [1.82, 2.24) is 19.7 Å². The van der Waals surface area contributed by atoms with Crippen molar-refractivity contribution in [3.8, 4) is 11.4 Å². The average molecular weight is 292 g/mol. The highest BCUT2D eigenvalue weighted by molar-refractivity contribution is 7.99. The van der Waals surface area contributed by atoms with Gasteiger partial charge < -0.3 is 5.11 Å². The minimum absolute atomic E-state index is 0.0404. The second-order valence-corrected chi connectivity index (χ2v) is 6.18. The molecule has 0 atom stereocenters. The first kappa shape index (κ1) is 14.5. The highest BCUT2D eigenvalue weighted by Gasteiger charge is 2.24. The van der Waals surface area contributed by atoms with Crippen molar-refractivity contribution in [2.24, 2.45) is 0 Å². The van der Waals surface area contributed by atoms with Gasteiger partial charge in [0.05, 0.1) is 5.75 Å². The fraction of sp³-hybridized carbons (Fsp3) is 0.385. The molecule has 0 aromatic carbocycles. The quantitative estimate of drug-likeness (QED) is 0.871. The van der Waals surface area contributed by atoms with Gasteiger partial charge in [0.1, 0.15) is 0 Å². The number of thioether (sulfide) groups is 1. The van der Waals surface area contributed by atoms with Crippen molar-refractivity contribution < 1.29 is 9.90 Å². The molecule has 2 aromatic heterocycles. The molecule has 7 heteroatoms. The third-order valence-electron chi connectivity index (χ3n) is 2.55. The third kappa shape index (κ3) is 3.16. The number of nitrogens with zero attached hydrogens (tertiary/aromatic N) is 4. The van der Waals surface area contributed by atoms with Crippen LogP contribution < -0.4 is 0 Å². The number of aliphatic carboxylic acids is 1. The summed E-state index contributed by atoms with van der Waals surface area (Å²) < 4.78 is 1.94. The van der Waals surface area contributed by atoms with Crippen LogP contribution in [0.3, 0.4) is 0 Å². The Morgan fingerprint density at radius 3 is 2.70 bits per heavy atom. The average Bonchev–Trinajstić information content (AvgIpc) is 2.81. The van der Waals surface area contributed by atoms with Gasteiger partial charge in [-0.15, -0.1) is 10.2 Å². The first-order chi connectivity index (χ1) is 9.39. The van der Waals surface area contributed by atoms with Gasteiger partial charge in [-0.3, -0.25) is 14.3 Å². The molecule has 0 unspecified atom stereocenters. The van der Waals surface area contributed by atoms with Crippen molar-refractivity contribution in [2.75, 3.05) is 5.75 Å². The van der Waals surface area contributed by atoms with Crippen LogP contribution in [0.5, 0.6) is 0 Å². The zero-order valence-electron chi connectivity index (χ0n) is 11.6. The molecule has 106 valence electrons. The molecular weight excluding hydrogens is 276 g/mol. The Morgan fingerprint density at radius 1 is 1.40 bits per heavy atom. The summed E-state index contributed by atoms with van der Waals surface area (Å²) in [6.07, 6.45) is 3.42. The second kappa shape index (κ2) is 5.62. The van der Waals surface area contributed by atoms with E-state index in [1.807, 2.05) is 37.5 Å². The van der Waals surface area contributed by atoms with E-state index in [1.165, 1.54) is 11.8 Å². The van der Waals surface area contributed by atoms with Gasteiger partial charge in [-0.2, -0.15) is 0 Å². The van der Waals surface area contributed by atoms with Crippen molar-refractivity contribution in [1.29, 1.82) is 0 Å². The number of aromatic nitrogens is 4. The molecule has 0 aliphatic carbocycles. The molecule has 0 saturated heterocycles. The molecule has 0 spiro atoms. The predicted molar refractivity (Wildman–Crippen MR) is 76.6 cm³/mol. The Hall–Kier alpha value is -1.89. The van der Waals surface area contributed by atoms with Gasteiger partial charge in [-0.25, -0.2) is 0 Å². The van der Waals surface area contributed by atoms with Crippen molar-refractivity contribution in [2.45, 2.75) is 31.5 Å². The Bertz CT molecular complexity index is 605. The maximum absolute atomic E-state index is 10.7. The number of rotatable bonds is 4. The van der Waals surface area contributed by atoms with Crippen molar-refractivity contribution >= 4 is 17.7 Å². The van der Waals surface area contributed by atoms with Crippen LogP contribution in [0.2, 0.25) is 0 Å². The van der Waals surface area contributed by atoms with E-state index >= 15 is 0 Å². The van der Waals surface area contributed by atoms with E-state index in [9.17, 15) is 4.79 Å². The molecule has 2 rings (SSSR count). The van der Waals surface area contributed by atoms with Gasteiger partial charge in [0.15, 0.2) is 11.0 Å². The smallest absolute Gasteiger partial charge is 0.313 e. The van der Waals surface area contributed by atoms with E-state index in [1.54, 1.807) is 12.4 Å². The summed E-state index contributed by atoms with van der Waals surface area (Å²) in [5, 5.41) is 17.7. The van der Waals surface area contributed by atoms with E-state index in [2.05, 4.69) is 15.2 Å². The topological polar surface area (TPSA) is 80.9 Å². The minimum atomic E-state index is -0.874. The summed E-state index contributed by atoms with van der Waals surface area (Å²) in [5.41, 5.74) is 0.604. The van der Waals surface area contributed by atoms with Crippen LogP contribution in [0.1, 0.15) is 20.8 Å². The lowest BCUT2D eigenvalue weighted by Crippen LogP contribution is -2.24. The minimum Gasteiger partial charge on any atom is -0.481 e. The van der Waals surface area contributed by atoms with Crippen molar-refractivity contribution in [3.63, 3.8) is 0 Å². The predicted octanol–water partition coefficient (Wildman–Crippen LogP) is 2.27. The largest absolute Gasteiger partial charge is 0.481 e. The van der Waals surface area contributed by atoms with Gasteiger partial charge in [0.25, 0.3) is 0 Å². The number of pyridine rings is 1.